The number of benzene rings is 4. The summed E-state index contributed by atoms with van der Waals surface area (Å²) in [5.41, 5.74) is 9.46. The molecule has 0 unspecified atom stereocenters. The van der Waals surface area contributed by atoms with E-state index < -0.39 is 0 Å². The number of unbranched alkanes of at least 4 members (excludes halogenated alkanes) is 7. The van der Waals surface area contributed by atoms with Crippen molar-refractivity contribution in [2.45, 2.75) is 175 Å². The maximum Gasteiger partial charge on any atom is 0.0496 e. The first-order valence-corrected chi connectivity index (χ1v) is 25.4. The van der Waals surface area contributed by atoms with Crippen molar-refractivity contribution in [3.63, 3.8) is 0 Å². The Morgan fingerprint density at radius 3 is 1.18 bits per heavy atom. The summed E-state index contributed by atoms with van der Waals surface area (Å²) < 4.78 is 0. The van der Waals surface area contributed by atoms with Crippen molar-refractivity contribution in [3.05, 3.63) is 117 Å². The van der Waals surface area contributed by atoms with Crippen LogP contribution in [0.1, 0.15) is 185 Å². The van der Waals surface area contributed by atoms with E-state index in [4.69, 9.17) is 23.2 Å². The number of hydrogen-bond acceptors (Lipinski definition) is 0. The smallest absolute Gasteiger partial charge is 0.0496 e. The molecular formula is C59H76Cl2. The quantitative estimate of drug-likeness (QED) is 0.0733. The SMILES string of the molecule is CCCCCc1ccc(-c2ccc(C#C[C@H]3CC[C@H](CCCC)CC3)cc2Cl)cc1.CCCCCc1ccc(-c2ccc(C#C[C@H]3CC[C@H](CCCCC)CC3)cc2Cl)cc1. The number of rotatable bonds is 17. The molecular weight excluding hydrogens is 780 g/mol. The van der Waals surface area contributed by atoms with Crippen molar-refractivity contribution in [1.82, 2.24) is 0 Å². The zero-order valence-corrected chi connectivity index (χ0v) is 39.9. The van der Waals surface area contributed by atoms with Crippen molar-refractivity contribution in [2.24, 2.45) is 23.7 Å². The van der Waals surface area contributed by atoms with Crippen LogP contribution in [-0.2, 0) is 12.8 Å². The van der Waals surface area contributed by atoms with E-state index in [1.165, 1.54) is 157 Å². The van der Waals surface area contributed by atoms with Crippen molar-refractivity contribution < 1.29 is 0 Å². The summed E-state index contributed by atoms with van der Waals surface area (Å²) >= 11 is 13.3. The molecule has 0 spiro atoms. The molecule has 0 N–H and O–H groups in total. The number of hydrogen-bond donors (Lipinski definition) is 0. The molecule has 2 heteroatoms. The molecule has 0 nitrogen and oxygen atoms in total. The minimum Gasteiger partial charge on any atom is -0.0945 e. The Kier molecular flexibility index (Phi) is 22.0. The Morgan fingerprint density at radius 2 is 0.803 bits per heavy atom. The molecule has 2 aliphatic rings. The maximum atomic E-state index is 6.64. The zero-order chi connectivity index (χ0) is 43.1. The molecule has 61 heavy (non-hydrogen) atoms. The lowest BCUT2D eigenvalue weighted by molar-refractivity contribution is 0.294. The van der Waals surface area contributed by atoms with E-state index in [-0.39, 0.29) is 0 Å². The second-order valence-electron chi connectivity index (χ2n) is 18.3. The summed E-state index contributed by atoms with van der Waals surface area (Å²) in [7, 11) is 0. The van der Waals surface area contributed by atoms with Crippen LogP contribution in [0.2, 0.25) is 10.0 Å². The van der Waals surface area contributed by atoms with Gasteiger partial charge in [0, 0.05) is 44.1 Å². The molecule has 4 aromatic rings. The predicted molar refractivity (Wildman–Crippen MR) is 269 cm³/mol. The van der Waals surface area contributed by atoms with E-state index in [9.17, 15) is 0 Å². The standard InChI is InChI=1S/C30H39Cl.C29H37Cl/c1-3-5-7-9-24-11-13-26(14-12-24)15-16-27-19-22-29(30(31)23-27)28-20-17-25(18-21-28)10-8-6-4-2;1-3-5-7-9-24-16-19-27(20-17-24)28-21-18-26(22-29(28)30)15-14-25-12-10-23(11-13-25)8-6-4-2/h17-24,26H,3-14H2,1-2H3;16-23,25H,3-13H2,1-2H3/t24-,26-;23-,25-. The summed E-state index contributed by atoms with van der Waals surface area (Å²) in [6.45, 7) is 9.07. The van der Waals surface area contributed by atoms with E-state index in [0.29, 0.717) is 11.8 Å². The lowest BCUT2D eigenvalue weighted by atomic mass is 9.80. The summed E-state index contributed by atoms with van der Waals surface area (Å²) in [6.07, 6.45) is 30.1. The van der Waals surface area contributed by atoms with E-state index >= 15 is 0 Å². The highest BCUT2D eigenvalue weighted by molar-refractivity contribution is 6.33. The second kappa shape index (κ2) is 27.6. The summed E-state index contributed by atoms with van der Waals surface area (Å²) in [4.78, 5) is 0. The molecule has 326 valence electrons. The second-order valence-corrected chi connectivity index (χ2v) is 19.1. The summed E-state index contributed by atoms with van der Waals surface area (Å²) in [5.74, 6) is 16.9. The number of aryl methyl sites for hydroxylation is 2. The van der Waals surface area contributed by atoms with Crippen LogP contribution < -0.4 is 0 Å². The van der Waals surface area contributed by atoms with Crippen molar-refractivity contribution in [1.29, 1.82) is 0 Å². The summed E-state index contributed by atoms with van der Waals surface area (Å²) in [5, 5.41) is 1.59. The molecule has 0 saturated heterocycles. The Hall–Kier alpha value is -3.42. The molecule has 0 heterocycles. The van der Waals surface area contributed by atoms with Gasteiger partial charge in [0.2, 0.25) is 0 Å². The molecule has 2 aliphatic carbocycles. The first-order valence-electron chi connectivity index (χ1n) is 24.7. The maximum absolute atomic E-state index is 6.64. The fourth-order valence-corrected chi connectivity index (χ4v) is 9.83. The molecule has 0 bridgehead atoms. The van der Waals surface area contributed by atoms with Crippen molar-refractivity contribution in [3.8, 4) is 45.9 Å². The van der Waals surface area contributed by atoms with E-state index in [1.807, 2.05) is 12.1 Å². The lowest BCUT2D eigenvalue weighted by Gasteiger charge is -2.25. The fraction of sp³-hybridized carbons (Fsp3) is 0.525. The Bertz CT molecular complexity index is 1970. The highest BCUT2D eigenvalue weighted by Crippen LogP contribution is 2.34. The third kappa shape index (κ3) is 17.0. The molecule has 2 saturated carbocycles. The average molecular weight is 856 g/mol. The monoisotopic (exact) mass is 855 g/mol. The van der Waals surface area contributed by atoms with Gasteiger partial charge in [-0.15, -0.1) is 0 Å². The Morgan fingerprint density at radius 1 is 0.426 bits per heavy atom. The van der Waals surface area contributed by atoms with Crippen molar-refractivity contribution in [2.75, 3.05) is 0 Å². The molecule has 2 fully saturated rings. The van der Waals surface area contributed by atoms with Crippen LogP contribution >= 0.6 is 23.2 Å². The van der Waals surface area contributed by atoms with Crippen LogP contribution in [0.15, 0.2) is 84.9 Å². The first-order chi connectivity index (χ1) is 29.9. The largest absolute Gasteiger partial charge is 0.0945 e. The van der Waals surface area contributed by atoms with Crippen LogP contribution in [0.3, 0.4) is 0 Å². The van der Waals surface area contributed by atoms with Gasteiger partial charge in [0.1, 0.15) is 0 Å². The predicted octanol–water partition coefficient (Wildman–Crippen LogP) is 18.6. The van der Waals surface area contributed by atoms with Gasteiger partial charge >= 0.3 is 0 Å². The molecule has 0 aromatic heterocycles. The molecule has 0 aliphatic heterocycles. The highest BCUT2D eigenvalue weighted by Gasteiger charge is 2.20. The van der Waals surface area contributed by atoms with Crippen LogP contribution in [-0.4, -0.2) is 0 Å². The molecule has 4 aromatic carbocycles. The van der Waals surface area contributed by atoms with Crippen LogP contribution in [0.25, 0.3) is 22.3 Å². The van der Waals surface area contributed by atoms with Crippen LogP contribution in [0, 0.1) is 47.4 Å². The van der Waals surface area contributed by atoms with Crippen LogP contribution in [0.4, 0.5) is 0 Å². The molecule has 0 radical (unpaired) electrons. The Balaban J connectivity index is 0.000000231. The van der Waals surface area contributed by atoms with Gasteiger partial charge in [0.15, 0.2) is 0 Å². The van der Waals surface area contributed by atoms with Gasteiger partial charge in [-0.05, 0) is 135 Å². The van der Waals surface area contributed by atoms with Gasteiger partial charge in [-0.3, -0.25) is 0 Å². The van der Waals surface area contributed by atoms with Gasteiger partial charge in [0.25, 0.3) is 0 Å². The van der Waals surface area contributed by atoms with Gasteiger partial charge in [-0.1, -0.05) is 206 Å². The topological polar surface area (TPSA) is 0 Å². The minimum atomic E-state index is 0.557. The molecule has 6 rings (SSSR count). The van der Waals surface area contributed by atoms with E-state index in [0.717, 1.165) is 57.0 Å². The normalized spacial score (nSPS) is 18.5. The van der Waals surface area contributed by atoms with Crippen molar-refractivity contribution >= 4 is 23.2 Å². The van der Waals surface area contributed by atoms with E-state index in [1.54, 1.807) is 0 Å². The van der Waals surface area contributed by atoms with Gasteiger partial charge in [-0.2, -0.15) is 0 Å². The van der Waals surface area contributed by atoms with Gasteiger partial charge in [-0.25, -0.2) is 0 Å². The molecule has 0 atom stereocenters. The number of halogens is 2. The third-order valence-electron chi connectivity index (χ3n) is 13.3. The fourth-order valence-electron chi connectivity index (χ4n) is 9.25. The Labute approximate surface area is 383 Å². The highest BCUT2D eigenvalue weighted by atomic mass is 35.5. The zero-order valence-electron chi connectivity index (χ0n) is 38.4. The van der Waals surface area contributed by atoms with Crippen LogP contribution in [0.5, 0.6) is 0 Å². The average Bonchev–Trinajstić information content (AvgIpc) is 3.29. The van der Waals surface area contributed by atoms with Gasteiger partial charge in [0.05, 0.1) is 0 Å². The minimum absolute atomic E-state index is 0.557. The first kappa shape index (κ1) is 48.6. The van der Waals surface area contributed by atoms with E-state index in [2.05, 4.69) is 124 Å². The van der Waals surface area contributed by atoms with Gasteiger partial charge < -0.3 is 0 Å². The third-order valence-corrected chi connectivity index (χ3v) is 13.9. The molecule has 0 amide bonds. The summed E-state index contributed by atoms with van der Waals surface area (Å²) in [6, 6.07) is 30.3. The lowest BCUT2D eigenvalue weighted by Crippen LogP contribution is -2.13.